The van der Waals surface area contributed by atoms with Gasteiger partial charge in [0.1, 0.15) is 0 Å². The number of piperidine rings is 1. The first-order chi connectivity index (χ1) is 15.6. The largest absolute Gasteiger partial charge is 0.342 e. The van der Waals surface area contributed by atoms with Gasteiger partial charge in [0.15, 0.2) is 13.5 Å². The van der Waals surface area contributed by atoms with E-state index in [-0.39, 0.29) is 0 Å². The van der Waals surface area contributed by atoms with Gasteiger partial charge in [-0.2, -0.15) is 0 Å². The van der Waals surface area contributed by atoms with Gasteiger partial charge in [-0.1, -0.05) is 29.4 Å². The van der Waals surface area contributed by atoms with Crippen LogP contribution in [0.15, 0.2) is 59.0 Å². The highest BCUT2D eigenvalue weighted by Crippen LogP contribution is 2.44. The minimum atomic E-state index is 0.354. The Labute approximate surface area is 196 Å². The molecule has 0 aromatic carbocycles. The van der Waals surface area contributed by atoms with Gasteiger partial charge >= 0.3 is 0 Å². The lowest BCUT2D eigenvalue weighted by molar-refractivity contribution is 0.230. The predicted molar refractivity (Wildman–Crippen MR) is 130 cm³/mol. The SMILES string of the molecule is Bc1cc(Sc2cnc(N3CCC4(CC3)Cc3cccnc3C4)n3ccnc23)c(Cl)cn1. The number of aromatic nitrogens is 5. The van der Waals surface area contributed by atoms with Gasteiger partial charge in [0.25, 0.3) is 0 Å². The van der Waals surface area contributed by atoms with E-state index in [1.165, 1.54) is 11.3 Å². The molecule has 1 fully saturated rings. The van der Waals surface area contributed by atoms with Crippen LogP contribution < -0.4 is 10.5 Å². The number of fused-ring (bicyclic) bond motifs is 2. The number of halogens is 1. The predicted octanol–water partition coefficient (Wildman–Crippen LogP) is 2.97. The van der Waals surface area contributed by atoms with E-state index in [2.05, 4.69) is 36.4 Å². The fourth-order valence-electron chi connectivity index (χ4n) is 5.05. The second kappa shape index (κ2) is 7.78. The molecule has 4 aromatic heterocycles. The van der Waals surface area contributed by atoms with Gasteiger partial charge in [-0.05, 0) is 54.4 Å². The molecule has 1 aliphatic carbocycles. The fraction of sp³-hybridized carbons (Fsp3) is 0.304. The van der Waals surface area contributed by atoms with Crippen molar-refractivity contribution in [3.63, 3.8) is 0 Å². The quantitative estimate of drug-likeness (QED) is 0.438. The molecule has 6 nitrogen and oxygen atoms in total. The molecule has 0 N–H and O–H groups in total. The Kier molecular flexibility index (Phi) is 4.88. The summed E-state index contributed by atoms with van der Waals surface area (Å²) in [6.07, 6.45) is 14.0. The van der Waals surface area contributed by atoms with Gasteiger partial charge in [-0.15, -0.1) is 0 Å². The summed E-state index contributed by atoms with van der Waals surface area (Å²) in [5.74, 6) is 0.961. The fourth-order valence-corrected chi connectivity index (χ4v) is 6.24. The first-order valence-electron chi connectivity index (χ1n) is 10.9. The Bertz CT molecular complexity index is 1290. The molecule has 5 heterocycles. The average Bonchev–Trinajstić information content (AvgIpc) is 3.42. The van der Waals surface area contributed by atoms with Crippen LogP contribution in [0.3, 0.4) is 0 Å². The molecular weight excluding hydrogens is 439 g/mol. The Balaban J connectivity index is 1.24. The van der Waals surface area contributed by atoms with Gasteiger partial charge < -0.3 is 4.90 Å². The van der Waals surface area contributed by atoms with E-state index >= 15 is 0 Å². The normalized spacial score (nSPS) is 17.2. The van der Waals surface area contributed by atoms with Crippen molar-refractivity contribution in [2.75, 3.05) is 18.0 Å². The second-order valence-corrected chi connectivity index (χ2v) is 10.3. The molecule has 32 heavy (non-hydrogen) atoms. The van der Waals surface area contributed by atoms with Crippen LogP contribution in [0.4, 0.5) is 5.95 Å². The molecule has 1 spiro atoms. The zero-order valence-electron chi connectivity index (χ0n) is 17.8. The molecule has 1 saturated heterocycles. The van der Waals surface area contributed by atoms with Crippen molar-refractivity contribution in [3.05, 3.63) is 65.5 Å². The second-order valence-electron chi connectivity index (χ2n) is 8.85. The Hall–Kier alpha value is -2.58. The molecular formula is C23H22BClN6S. The summed E-state index contributed by atoms with van der Waals surface area (Å²) in [4.78, 5) is 22.7. The number of hydrogen-bond donors (Lipinski definition) is 0. The van der Waals surface area contributed by atoms with Gasteiger partial charge in [0.05, 0.1) is 9.92 Å². The highest BCUT2D eigenvalue weighted by atomic mass is 35.5. The molecule has 0 amide bonds. The van der Waals surface area contributed by atoms with Crippen LogP contribution in [-0.4, -0.2) is 45.3 Å². The number of anilines is 1. The van der Waals surface area contributed by atoms with Crippen LogP contribution in [-0.2, 0) is 12.8 Å². The van der Waals surface area contributed by atoms with Crippen molar-refractivity contribution in [2.45, 2.75) is 35.5 Å². The molecule has 160 valence electrons. The lowest BCUT2D eigenvalue weighted by Gasteiger charge is -2.39. The van der Waals surface area contributed by atoms with E-state index in [4.69, 9.17) is 16.6 Å². The van der Waals surface area contributed by atoms with Crippen LogP contribution in [0, 0.1) is 5.41 Å². The van der Waals surface area contributed by atoms with Crippen LogP contribution in [0.5, 0.6) is 0 Å². The third-order valence-electron chi connectivity index (χ3n) is 6.75. The molecule has 2 aliphatic rings. The maximum Gasteiger partial charge on any atom is 0.211 e. The summed E-state index contributed by atoms with van der Waals surface area (Å²) in [6.45, 7) is 1.99. The summed E-state index contributed by atoms with van der Waals surface area (Å²) in [5, 5.41) is 0.641. The first-order valence-corrected chi connectivity index (χ1v) is 12.1. The van der Waals surface area contributed by atoms with Crippen LogP contribution in [0.2, 0.25) is 5.02 Å². The smallest absolute Gasteiger partial charge is 0.211 e. The Morgan fingerprint density at radius 3 is 2.72 bits per heavy atom. The van der Waals surface area contributed by atoms with E-state index < -0.39 is 0 Å². The third kappa shape index (κ3) is 3.46. The monoisotopic (exact) mass is 460 g/mol. The number of hydrogen-bond acceptors (Lipinski definition) is 6. The molecule has 0 bridgehead atoms. The van der Waals surface area contributed by atoms with Gasteiger partial charge in [-0.3, -0.25) is 14.4 Å². The topological polar surface area (TPSA) is 59.2 Å². The Morgan fingerprint density at radius 1 is 1.00 bits per heavy atom. The van der Waals surface area contributed by atoms with Crippen molar-refractivity contribution in [3.8, 4) is 0 Å². The molecule has 6 rings (SSSR count). The first kappa shape index (κ1) is 20.1. The van der Waals surface area contributed by atoms with Crippen molar-refractivity contribution in [2.24, 2.45) is 5.41 Å². The Morgan fingerprint density at radius 2 is 1.88 bits per heavy atom. The standard InChI is InChI=1S/C23H22BClN6S/c24-20-10-18(16(25)13-28-20)32-19-14-29-22(31-9-6-27-21(19)31)30-7-3-23(4-8-30)11-15-2-1-5-26-17(15)12-23/h1-2,5-6,9-10,13-14H,3-4,7-8,11-12,24H2. The summed E-state index contributed by atoms with van der Waals surface area (Å²) < 4.78 is 2.10. The van der Waals surface area contributed by atoms with Crippen molar-refractivity contribution < 1.29 is 0 Å². The van der Waals surface area contributed by atoms with E-state index in [9.17, 15) is 0 Å². The lowest BCUT2D eigenvalue weighted by Crippen LogP contribution is -2.41. The minimum Gasteiger partial charge on any atom is -0.342 e. The molecule has 1 aliphatic heterocycles. The molecule has 0 unspecified atom stereocenters. The van der Waals surface area contributed by atoms with E-state index in [0.717, 1.165) is 65.8 Å². The maximum atomic E-state index is 6.37. The average molecular weight is 461 g/mol. The van der Waals surface area contributed by atoms with Crippen molar-refractivity contribution in [1.29, 1.82) is 0 Å². The maximum absolute atomic E-state index is 6.37. The highest BCUT2D eigenvalue weighted by molar-refractivity contribution is 7.99. The summed E-state index contributed by atoms with van der Waals surface area (Å²) >= 11 is 7.96. The molecule has 0 atom stereocenters. The summed E-state index contributed by atoms with van der Waals surface area (Å²) in [6, 6.07) is 6.30. The highest BCUT2D eigenvalue weighted by Gasteiger charge is 2.41. The number of nitrogens with zero attached hydrogens (tertiary/aromatic N) is 6. The lowest BCUT2D eigenvalue weighted by atomic mass is 9.76. The van der Waals surface area contributed by atoms with E-state index in [0.29, 0.717) is 10.4 Å². The molecule has 4 aromatic rings. The minimum absolute atomic E-state index is 0.354. The zero-order valence-corrected chi connectivity index (χ0v) is 19.4. The molecule has 0 saturated carbocycles. The van der Waals surface area contributed by atoms with Gasteiger partial charge in [0, 0.05) is 54.7 Å². The zero-order chi connectivity index (χ0) is 21.7. The summed E-state index contributed by atoms with van der Waals surface area (Å²) in [7, 11) is 1.97. The third-order valence-corrected chi connectivity index (χ3v) is 8.23. The number of pyridine rings is 2. The number of imidazole rings is 1. The van der Waals surface area contributed by atoms with Crippen LogP contribution in [0.1, 0.15) is 24.1 Å². The van der Waals surface area contributed by atoms with Gasteiger partial charge in [0.2, 0.25) is 5.95 Å². The summed E-state index contributed by atoms with van der Waals surface area (Å²) in [5.41, 5.74) is 4.92. The van der Waals surface area contributed by atoms with E-state index in [1.54, 1.807) is 18.0 Å². The molecule has 9 heteroatoms. The number of rotatable bonds is 3. The van der Waals surface area contributed by atoms with Crippen molar-refractivity contribution >= 4 is 48.4 Å². The van der Waals surface area contributed by atoms with E-state index in [1.807, 2.05) is 38.7 Å². The van der Waals surface area contributed by atoms with Crippen molar-refractivity contribution in [1.82, 2.24) is 24.3 Å². The van der Waals surface area contributed by atoms with Crippen LogP contribution >= 0.6 is 23.4 Å². The van der Waals surface area contributed by atoms with Gasteiger partial charge in [-0.25, -0.2) is 9.97 Å². The molecule has 0 radical (unpaired) electrons. The van der Waals surface area contributed by atoms with Crippen LogP contribution in [0.25, 0.3) is 5.65 Å².